The Morgan fingerprint density at radius 2 is 1.50 bits per heavy atom. The summed E-state index contributed by atoms with van der Waals surface area (Å²) in [6, 6.07) is 18.9. The quantitative estimate of drug-likeness (QED) is 0.328. The van der Waals surface area contributed by atoms with Crippen molar-refractivity contribution in [2.45, 2.75) is 18.2 Å². The minimum atomic E-state index is -3.47. The van der Waals surface area contributed by atoms with E-state index in [9.17, 15) is 16.8 Å². The predicted molar refractivity (Wildman–Crippen MR) is 124 cm³/mol. The molecule has 0 bridgehead atoms. The molecule has 0 radical (unpaired) electrons. The summed E-state index contributed by atoms with van der Waals surface area (Å²) in [4.78, 5) is 0.278. The smallest absolute Gasteiger partial charge is 0.264 e. The van der Waals surface area contributed by atoms with Gasteiger partial charge in [-0.2, -0.15) is 8.42 Å². The summed E-state index contributed by atoms with van der Waals surface area (Å²) in [5.41, 5.74) is 4.98. The van der Waals surface area contributed by atoms with Crippen molar-refractivity contribution in [3.63, 3.8) is 0 Å². The van der Waals surface area contributed by atoms with E-state index in [0.29, 0.717) is 13.0 Å². The standard InChI is InChI=1S/C23H27NO6S2/c1-18-20(13-14-29-15-16-30-32(3,27)28)17-23(24(18)21-7-5-4-6-8-21)19-9-11-22(12-10-19)31(2,25)26/h4-12,17H,13-16H2,1-3H3. The van der Waals surface area contributed by atoms with Crippen molar-refractivity contribution in [1.82, 2.24) is 4.57 Å². The van der Waals surface area contributed by atoms with Crippen LogP contribution in [0.25, 0.3) is 16.9 Å². The summed E-state index contributed by atoms with van der Waals surface area (Å²) in [5.74, 6) is 0. The molecule has 2 aromatic carbocycles. The minimum absolute atomic E-state index is 0.0131. The summed E-state index contributed by atoms with van der Waals surface area (Å²) >= 11 is 0. The molecule has 0 aliphatic rings. The molecule has 0 unspecified atom stereocenters. The molecule has 9 heteroatoms. The molecule has 0 N–H and O–H groups in total. The maximum absolute atomic E-state index is 11.8. The Bertz CT molecular complexity index is 1260. The van der Waals surface area contributed by atoms with Crippen LogP contribution >= 0.6 is 0 Å². The third kappa shape index (κ3) is 6.29. The van der Waals surface area contributed by atoms with Gasteiger partial charge in [0.15, 0.2) is 9.84 Å². The van der Waals surface area contributed by atoms with Crippen molar-refractivity contribution >= 4 is 20.0 Å². The third-order valence-corrected chi connectivity index (χ3v) is 6.71. The first kappa shape index (κ1) is 24.2. The van der Waals surface area contributed by atoms with Crippen molar-refractivity contribution in [3.8, 4) is 16.9 Å². The van der Waals surface area contributed by atoms with Crippen LogP contribution in [0, 0.1) is 6.92 Å². The van der Waals surface area contributed by atoms with E-state index in [1.807, 2.05) is 49.4 Å². The molecule has 0 fully saturated rings. The van der Waals surface area contributed by atoms with E-state index >= 15 is 0 Å². The molecule has 0 aliphatic heterocycles. The molecule has 1 aromatic heterocycles. The van der Waals surface area contributed by atoms with Gasteiger partial charge >= 0.3 is 0 Å². The molecule has 1 heterocycles. The molecule has 32 heavy (non-hydrogen) atoms. The zero-order valence-corrected chi connectivity index (χ0v) is 19.9. The molecular formula is C23H27NO6S2. The number of aromatic nitrogens is 1. The summed E-state index contributed by atoms with van der Waals surface area (Å²) in [6.45, 7) is 2.62. The summed E-state index contributed by atoms with van der Waals surface area (Å²) in [6.07, 6.45) is 2.84. The lowest BCUT2D eigenvalue weighted by Crippen LogP contribution is -2.11. The second-order valence-electron chi connectivity index (χ2n) is 7.50. The maximum atomic E-state index is 11.8. The Labute approximate surface area is 189 Å². The SMILES string of the molecule is Cc1c(CCOCCOS(C)(=O)=O)cc(-c2ccc(S(C)(=O)=O)cc2)n1-c1ccccc1. The van der Waals surface area contributed by atoms with Gasteiger partial charge in [0, 0.05) is 17.6 Å². The average Bonchev–Trinajstić information content (AvgIpc) is 3.06. The molecule has 0 spiro atoms. The highest BCUT2D eigenvalue weighted by molar-refractivity contribution is 7.90. The molecular weight excluding hydrogens is 450 g/mol. The monoisotopic (exact) mass is 477 g/mol. The van der Waals surface area contributed by atoms with Gasteiger partial charge in [0.1, 0.15) is 0 Å². The molecule has 0 saturated carbocycles. The van der Waals surface area contributed by atoms with Crippen molar-refractivity contribution in [2.24, 2.45) is 0 Å². The number of para-hydroxylation sites is 1. The van der Waals surface area contributed by atoms with Gasteiger partial charge in [-0.3, -0.25) is 4.18 Å². The molecule has 3 aromatic rings. The van der Waals surface area contributed by atoms with Crippen LogP contribution in [0.1, 0.15) is 11.3 Å². The van der Waals surface area contributed by atoms with Crippen LogP contribution in [-0.2, 0) is 35.3 Å². The van der Waals surface area contributed by atoms with Crippen LogP contribution in [0.5, 0.6) is 0 Å². The van der Waals surface area contributed by atoms with Crippen LogP contribution in [-0.4, -0.2) is 53.7 Å². The van der Waals surface area contributed by atoms with E-state index in [0.717, 1.165) is 34.5 Å². The highest BCUT2D eigenvalue weighted by Crippen LogP contribution is 2.30. The number of ether oxygens (including phenoxy) is 1. The first-order chi connectivity index (χ1) is 15.1. The van der Waals surface area contributed by atoms with Crippen molar-refractivity contribution in [1.29, 1.82) is 0 Å². The number of nitrogens with zero attached hydrogens (tertiary/aromatic N) is 1. The molecule has 172 valence electrons. The first-order valence-corrected chi connectivity index (χ1v) is 13.8. The van der Waals surface area contributed by atoms with Gasteiger partial charge in [0.25, 0.3) is 10.1 Å². The maximum Gasteiger partial charge on any atom is 0.264 e. The fraction of sp³-hybridized carbons (Fsp3) is 0.304. The molecule has 3 rings (SSSR count). The summed E-state index contributed by atoms with van der Waals surface area (Å²) < 4.78 is 58.0. The second kappa shape index (κ2) is 9.99. The predicted octanol–water partition coefficient (Wildman–Crippen LogP) is 3.39. The third-order valence-electron chi connectivity index (χ3n) is 4.99. The largest absolute Gasteiger partial charge is 0.379 e. The van der Waals surface area contributed by atoms with Gasteiger partial charge < -0.3 is 9.30 Å². The average molecular weight is 478 g/mol. The molecule has 7 nitrogen and oxygen atoms in total. The zero-order chi connectivity index (χ0) is 23.4. The lowest BCUT2D eigenvalue weighted by atomic mass is 10.1. The van der Waals surface area contributed by atoms with Crippen LogP contribution in [0.2, 0.25) is 0 Å². The normalized spacial score (nSPS) is 12.2. The fourth-order valence-electron chi connectivity index (χ4n) is 3.44. The van der Waals surface area contributed by atoms with Crippen molar-refractivity contribution in [2.75, 3.05) is 32.3 Å². The number of hydrogen-bond acceptors (Lipinski definition) is 6. The Morgan fingerprint density at radius 3 is 2.09 bits per heavy atom. The Kier molecular flexibility index (Phi) is 7.55. The first-order valence-electron chi connectivity index (χ1n) is 10.1. The molecule has 0 amide bonds. The van der Waals surface area contributed by atoms with Crippen molar-refractivity contribution in [3.05, 3.63) is 71.9 Å². The van der Waals surface area contributed by atoms with E-state index in [-0.39, 0.29) is 18.1 Å². The van der Waals surface area contributed by atoms with Crippen LogP contribution < -0.4 is 0 Å². The van der Waals surface area contributed by atoms with Gasteiger partial charge in [0.05, 0.1) is 36.7 Å². The Hall–Kier alpha value is -2.46. The van der Waals surface area contributed by atoms with E-state index in [4.69, 9.17) is 4.74 Å². The van der Waals surface area contributed by atoms with E-state index in [1.165, 1.54) is 6.26 Å². The highest BCUT2D eigenvalue weighted by atomic mass is 32.2. The van der Waals surface area contributed by atoms with Crippen molar-refractivity contribution < 1.29 is 25.8 Å². The van der Waals surface area contributed by atoms with Gasteiger partial charge in [-0.25, -0.2) is 8.42 Å². The number of benzene rings is 2. The van der Waals surface area contributed by atoms with Gasteiger partial charge in [-0.1, -0.05) is 30.3 Å². The Morgan fingerprint density at radius 1 is 0.844 bits per heavy atom. The Balaban J connectivity index is 1.85. The second-order valence-corrected chi connectivity index (χ2v) is 11.2. The van der Waals surface area contributed by atoms with Crippen LogP contribution in [0.4, 0.5) is 0 Å². The number of hydrogen-bond donors (Lipinski definition) is 0. The summed E-state index contributed by atoms with van der Waals surface area (Å²) in [5, 5.41) is 0. The molecule has 0 saturated heterocycles. The fourth-order valence-corrected chi connectivity index (χ4v) is 4.44. The van der Waals surface area contributed by atoms with Gasteiger partial charge in [0.2, 0.25) is 0 Å². The van der Waals surface area contributed by atoms with Gasteiger partial charge in [-0.15, -0.1) is 0 Å². The minimum Gasteiger partial charge on any atom is -0.379 e. The lowest BCUT2D eigenvalue weighted by Gasteiger charge is -2.13. The zero-order valence-electron chi connectivity index (χ0n) is 18.3. The van der Waals surface area contributed by atoms with E-state index < -0.39 is 20.0 Å². The van der Waals surface area contributed by atoms with Gasteiger partial charge in [-0.05, 0) is 54.8 Å². The molecule has 0 aliphatic carbocycles. The van der Waals surface area contributed by atoms with Crippen LogP contribution in [0.3, 0.4) is 0 Å². The summed E-state index contributed by atoms with van der Waals surface area (Å²) in [7, 11) is -6.73. The van der Waals surface area contributed by atoms with E-state index in [1.54, 1.807) is 12.1 Å². The van der Waals surface area contributed by atoms with Crippen LogP contribution in [0.15, 0.2) is 65.6 Å². The number of sulfone groups is 1. The molecule has 0 atom stereocenters. The topological polar surface area (TPSA) is 91.7 Å². The highest BCUT2D eigenvalue weighted by Gasteiger charge is 2.16. The number of rotatable bonds is 10. The lowest BCUT2D eigenvalue weighted by molar-refractivity contribution is 0.105. The van der Waals surface area contributed by atoms with E-state index in [2.05, 4.69) is 14.8 Å².